The maximum absolute atomic E-state index is 12.9. The Morgan fingerprint density at radius 1 is 1.29 bits per heavy atom. The van der Waals surface area contributed by atoms with Gasteiger partial charge >= 0.3 is 5.97 Å². The van der Waals surface area contributed by atoms with Gasteiger partial charge in [-0.1, -0.05) is 18.2 Å². The van der Waals surface area contributed by atoms with Gasteiger partial charge in [0.2, 0.25) is 5.91 Å². The summed E-state index contributed by atoms with van der Waals surface area (Å²) in [5.41, 5.74) is 2.04. The van der Waals surface area contributed by atoms with E-state index in [9.17, 15) is 9.59 Å². The van der Waals surface area contributed by atoms with E-state index in [0.29, 0.717) is 19.5 Å². The minimum Gasteiger partial charge on any atom is -0.467 e. The first-order valence-electron chi connectivity index (χ1n) is 7.43. The Balaban J connectivity index is 1.82. The Labute approximate surface area is 124 Å². The molecule has 0 radical (unpaired) electrons. The van der Waals surface area contributed by atoms with Gasteiger partial charge in [-0.3, -0.25) is 4.79 Å². The lowest BCUT2D eigenvalue weighted by molar-refractivity contribution is -0.155. The van der Waals surface area contributed by atoms with Crippen molar-refractivity contribution in [1.29, 1.82) is 0 Å². The van der Waals surface area contributed by atoms with Gasteiger partial charge in [0.05, 0.1) is 13.0 Å². The summed E-state index contributed by atoms with van der Waals surface area (Å²) in [6.07, 6.45) is 2.60. The zero-order valence-corrected chi connectivity index (χ0v) is 12.2. The highest BCUT2D eigenvalue weighted by molar-refractivity contribution is 5.91. The summed E-state index contributed by atoms with van der Waals surface area (Å²) in [4.78, 5) is 26.5. The lowest BCUT2D eigenvalue weighted by Gasteiger charge is -2.35. The van der Waals surface area contributed by atoms with Gasteiger partial charge < -0.3 is 15.0 Å². The quantitative estimate of drug-likeness (QED) is 0.842. The van der Waals surface area contributed by atoms with Crippen molar-refractivity contribution in [3.63, 3.8) is 0 Å². The number of benzene rings is 1. The molecule has 0 bridgehead atoms. The van der Waals surface area contributed by atoms with E-state index in [4.69, 9.17) is 4.74 Å². The monoisotopic (exact) mass is 288 g/mol. The molecule has 1 aromatic rings. The molecule has 21 heavy (non-hydrogen) atoms. The van der Waals surface area contributed by atoms with E-state index in [1.54, 1.807) is 4.90 Å². The van der Waals surface area contributed by atoms with Gasteiger partial charge in [-0.05, 0) is 30.9 Å². The number of nitrogens with zero attached hydrogens (tertiary/aromatic N) is 1. The minimum atomic E-state index is -0.427. The van der Waals surface area contributed by atoms with Gasteiger partial charge in [0.25, 0.3) is 0 Å². The standard InChI is InChI=1S/C16H20N2O3/c1-21-16(20)14-8-4-5-9-18(14)15(19)12-10-17-13-7-3-2-6-11(12)13/h2-3,6-7,12,14,17H,4-5,8-10H2,1H3. The van der Waals surface area contributed by atoms with Gasteiger partial charge in [0, 0.05) is 18.8 Å². The van der Waals surface area contributed by atoms with Crippen molar-refractivity contribution in [3.05, 3.63) is 29.8 Å². The van der Waals surface area contributed by atoms with Gasteiger partial charge in [0.1, 0.15) is 6.04 Å². The summed E-state index contributed by atoms with van der Waals surface area (Å²) in [6, 6.07) is 7.44. The highest BCUT2D eigenvalue weighted by Gasteiger charge is 2.38. The Kier molecular flexibility index (Phi) is 3.82. The third-order valence-electron chi connectivity index (χ3n) is 4.39. The number of hydrogen-bond donors (Lipinski definition) is 1. The Morgan fingerprint density at radius 2 is 2.10 bits per heavy atom. The molecule has 1 saturated heterocycles. The van der Waals surface area contributed by atoms with Crippen molar-refractivity contribution in [2.45, 2.75) is 31.2 Å². The lowest BCUT2D eigenvalue weighted by atomic mass is 9.95. The van der Waals surface area contributed by atoms with E-state index in [-0.39, 0.29) is 17.8 Å². The fourth-order valence-corrected chi connectivity index (χ4v) is 3.28. The molecule has 2 heterocycles. The average molecular weight is 288 g/mol. The Bertz CT molecular complexity index is 558. The minimum absolute atomic E-state index is 0.0301. The third kappa shape index (κ3) is 2.48. The number of amides is 1. The Morgan fingerprint density at radius 3 is 2.90 bits per heavy atom. The van der Waals surface area contributed by atoms with Crippen LogP contribution >= 0.6 is 0 Å². The highest BCUT2D eigenvalue weighted by atomic mass is 16.5. The van der Waals surface area contributed by atoms with Crippen LogP contribution in [0.4, 0.5) is 5.69 Å². The number of para-hydroxylation sites is 1. The first-order chi connectivity index (χ1) is 10.2. The topological polar surface area (TPSA) is 58.6 Å². The number of piperidine rings is 1. The molecular weight excluding hydrogens is 268 g/mol. The van der Waals surface area contributed by atoms with Crippen LogP contribution in [0.5, 0.6) is 0 Å². The van der Waals surface area contributed by atoms with Crippen molar-refractivity contribution >= 4 is 17.6 Å². The first kappa shape index (κ1) is 13.9. The van der Waals surface area contributed by atoms with Crippen LogP contribution in [0.25, 0.3) is 0 Å². The van der Waals surface area contributed by atoms with Crippen LogP contribution in [-0.2, 0) is 14.3 Å². The number of nitrogens with one attached hydrogen (secondary N) is 1. The van der Waals surface area contributed by atoms with Gasteiger partial charge in [0.15, 0.2) is 0 Å². The van der Waals surface area contributed by atoms with E-state index < -0.39 is 6.04 Å². The predicted molar refractivity (Wildman–Crippen MR) is 79.0 cm³/mol. The SMILES string of the molecule is COC(=O)C1CCCCN1C(=O)C1CNc2ccccc21. The molecule has 2 atom stereocenters. The molecule has 5 nitrogen and oxygen atoms in total. The summed E-state index contributed by atoms with van der Waals surface area (Å²) in [6.45, 7) is 1.24. The molecule has 0 saturated carbocycles. The van der Waals surface area contributed by atoms with Crippen LogP contribution in [0.3, 0.4) is 0 Å². The molecule has 1 fully saturated rings. The number of hydrogen-bond acceptors (Lipinski definition) is 4. The predicted octanol–water partition coefficient (Wildman–Crippen LogP) is 1.75. The summed E-state index contributed by atoms with van der Waals surface area (Å²) in [5, 5.41) is 3.26. The molecular formula is C16H20N2O3. The van der Waals surface area contributed by atoms with Crippen LogP contribution in [-0.4, -0.2) is 43.0 Å². The van der Waals surface area contributed by atoms with E-state index >= 15 is 0 Å². The number of fused-ring (bicyclic) bond motifs is 1. The average Bonchev–Trinajstić information content (AvgIpc) is 2.97. The summed E-state index contributed by atoms with van der Waals surface area (Å²) >= 11 is 0. The summed E-state index contributed by atoms with van der Waals surface area (Å²) in [7, 11) is 1.38. The fourth-order valence-electron chi connectivity index (χ4n) is 3.28. The zero-order chi connectivity index (χ0) is 14.8. The van der Waals surface area contributed by atoms with Crippen molar-refractivity contribution in [2.24, 2.45) is 0 Å². The molecule has 0 spiro atoms. The van der Waals surface area contributed by atoms with Crippen LogP contribution in [0, 0.1) is 0 Å². The van der Waals surface area contributed by atoms with Crippen molar-refractivity contribution in [2.75, 3.05) is 25.5 Å². The summed E-state index contributed by atoms with van der Waals surface area (Å²) < 4.78 is 4.85. The Hall–Kier alpha value is -2.04. The van der Waals surface area contributed by atoms with Crippen molar-refractivity contribution in [3.8, 4) is 0 Å². The molecule has 3 rings (SSSR count). The molecule has 0 aliphatic carbocycles. The molecule has 2 aliphatic rings. The maximum atomic E-state index is 12.9. The second kappa shape index (κ2) is 5.76. The number of likely N-dealkylation sites (tertiary alicyclic amines) is 1. The molecule has 5 heteroatoms. The molecule has 1 N–H and O–H groups in total. The van der Waals surface area contributed by atoms with Gasteiger partial charge in [-0.25, -0.2) is 4.79 Å². The van der Waals surface area contributed by atoms with Crippen LogP contribution in [0.2, 0.25) is 0 Å². The molecule has 1 aromatic carbocycles. The van der Waals surface area contributed by atoms with Gasteiger partial charge in [-0.15, -0.1) is 0 Å². The fraction of sp³-hybridized carbons (Fsp3) is 0.500. The molecule has 1 amide bonds. The maximum Gasteiger partial charge on any atom is 0.328 e. The lowest BCUT2D eigenvalue weighted by Crippen LogP contribution is -2.50. The van der Waals surface area contributed by atoms with Crippen molar-refractivity contribution < 1.29 is 14.3 Å². The largest absolute Gasteiger partial charge is 0.467 e. The molecule has 0 aromatic heterocycles. The zero-order valence-electron chi connectivity index (χ0n) is 12.2. The molecule has 2 unspecified atom stereocenters. The number of anilines is 1. The van der Waals surface area contributed by atoms with Crippen molar-refractivity contribution in [1.82, 2.24) is 4.90 Å². The molecule has 2 aliphatic heterocycles. The van der Waals surface area contributed by atoms with E-state index in [1.165, 1.54) is 7.11 Å². The number of methoxy groups -OCH3 is 1. The summed E-state index contributed by atoms with van der Waals surface area (Å²) in [5.74, 6) is -0.476. The number of carbonyl (C=O) groups is 2. The number of ether oxygens (including phenoxy) is 1. The van der Waals surface area contributed by atoms with Crippen LogP contribution in [0.15, 0.2) is 24.3 Å². The smallest absolute Gasteiger partial charge is 0.328 e. The molecule has 112 valence electrons. The van der Waals surface area contributed by atoms with Gasteiger partial charge in [-0.2, -0.15) is 0 Å². The number of rotatable bonds is 2. The number of carbonyl (C=O) groups excluding carboxylic acids is 2. The highest BCUT2D eigenvalue weighted by Crippen LogP contribution is 2.34. The number of esters is 1. The van der Waals surface area contributed by atoms with Crippen LogP contribution in [0.1, 0.15) is 30.7 Å². The normalized spacial score (nSPS) is 24.1. The third-order valence-corrected chi connectivity index (χ3v) is 4.39. The second-order valence-corrected chi connectivity index (χ2v) is 5.59. The van der Waals surface area contributed by atoms with E-state index in [1.807, 2.05) is 24.3 Å². The van der Waals surface area contributed by atoms with E-state index in [0.717, 1.165) is 24.1 Å². The van der Waals surface area contributed by atoms with E-state index in [2.05, 4.69) is 5.32 Å². The second-order valence-electron chi connectivity index (χ2n) is 5.59. The van der Waals surface area contributed by atoms with Crippen LogP contribution < -0.4 is 5.32 Å². The first-order valence-corrected chi connectivity index (χ1v) is 7.43.